The van der Waals surface area contributed by atoms with Gasteiger partial charge >= 0.3 is 0 Å². The number of hydrazine groups is 1. The van der Waals surface area contributed by atoms with Gasteiger partial charge in [0.25, 0.3) is 0 Å². The molecule has 3 N–H and O–H groups in total. The summed E-state index contributed by atoms with van der Waals surface area (Å²) in [5, 5.41) is 1.07. The van der Waals surface area contributed by atoms with Crippen molar-refractivity contribution in [2.24, 2.45) is 5.84 Å². The summed E-state index contributed by atoms with van der Waals surface area (Å²) in [6.45, 7) is 8.41. The third-order valence-corrected chi connectivity index (χ3v) is 3.49. The molecule has 0 spiro atoms. The highest BCUT2D eigenvalue weighted by atomic mass is 15.2. The van der Waals surface area contributed by atoms with Crippen LogP contribution in [0.1, 0.15) is 26.5 Å². The number of nitrogens with one attached hydrogen (secondary N) is 1. The molecule has 2 aromatic rings. The van der Waals surface area contributed by atoms with Gasteiger partial charge in [-0.3, -0.25) is 10.8 Å². The average Bonchev–Trinajstić information content (AvgIpc) is 2.47. The predicted octanol–water partition coefficient (Wildman–Crippen LogP) is 2.93. The van der Waals surface area contributed by atoms with Gasteiger partial charge in [-0.25, -0.2) is 0 Å². The van der Waals surface area contributed by atoms with Crippen LogP contribution < -0.4 is 16.2 Å². The fourth-order valence-corrected chi connectivity index (χ4v) is 2.35. The quantitative estimate of drug-likeness (QED) is 0.639. The van der Waals surface area contributed by atoms with Gasteiger partial charge in [-0.2, -0.15) is 0 Å². The van der Waals surface area contributed by atoms with Crippen LogP contribution in [-0.4, -0.2) is 18.1 Å². The number of benzene rings is 1. The Balaban J connectivity index is 2.58. The summed E-state index contributed by atoms with van der Waals surface area (Å²) in [4.78, 5) is 6.95. The molecule has 0 unspecified atom stereocenters. The maximum Gasteiger partial charge on any atom is 0.0728 e. The van der Waals surface area contributed by atoms with Gasteiger partial charge in [0.15, 0.2) is 0 Å². The van der Waals surface area contributed by atoms with Crippen molar-refractivity contribution in [3.63, 3.8) is 0 Å². The summed E-state index contributed by atoms with van der Waals surface area (Å²) >= 11 is 0. The van der Waals surface area contributed by atoms with Crippen molar-refractivity contribution in [2.75, 3.05) is 23.4 Å². The van der Waals surface area contributed by atoms with Gasteiger partial charge in [0.05, 0.1) is 11.2 Å². The van der Waals surface area contributed by atoms with Crippen LogP contribution in [0.2, 0.25) is 0 Å². The zero-order valence-corrected chi connectivity index (χ0v) is 11.9. The summed E-state index contributed by atoms with van der Waals surface area (Å²) in [5.41, 5.74) is 6.98. The van der Waals surface area contributed by atoms with Crippen LogP contribution >= 0.6 is 0 Å². The van der Waals surface area contributed by atoms with Gasteiger partial charge < -0.3 is 10.3 Å². The summed E-state index contributed by atoms with van der Waals surface area (Å²) < 4.78 is 0. The number of aryl methyl sites for hydroxylation is 1. The van der Waals surface area contributed by atoms with E-state index in [2.05, 4.69) is 54.3 Å². The Labute approximate surface area is 114 Å². The van der Waals surface area contributed by atoms with E-state index in [0.717, 1.165) is 41.8 Å². The minimum Gasteiger partial charge on any atom is -0.372 e. The SMILES string of the molecule is CCc1cc(NN)c2cc(N(CC)CC)ccc2n1. The van der Waals surface area contributed by atoms with Crippen LogP contribution in [0.15, 0.2) is 24.3 Å². The number of fused-ring (bicyclic) bond motifs is 1. The van der Waals surface area contributed by atoms with E-state index in [0.29, 0.717) is 0 Å². The van der Waals surface area contributed by atoms with E-state index < -0.39 is 0 Å². The molecule has 0 saturated carbocycles. The van der Waals surface area contributed by atoms with Crippen LogP contribution in [-0.2, 0) is 6.42 Å². The zero-order chi connectivity index (χ0) is 13.8. The second kappa shape index (κ2) is 5.89. The lowest BCUT2D eigenvalue weighted by Crippen LogP contribution is -2.21. The lowest BCUT2D eigenvalue weighted by molar-refractivity contribution is 0.867. The Hall–Kier alpha value is -1.81. The standard InChI is InChI=1S/C15H22N4/c1-4-11-9-15(18-16)13-10-12(19(5-2)6-3)7-8-14(13)17-11/h7-10H,4-6,16H2,1-3H3,(H,17,18). The average molecular weight is 258 g/mol. The molecule has 0 fully saturated rings. The minimum absolute atomic E-state index is 0.905. The Morgan fingerprint density at radius 1 is 1.16 bits per heavy atom. The first kappa shape index (κ1) is 13.6. The Morgan fingerprint density at radius 3 is 2.47 bits per heavy atom. The normalized spacial score (nSPS) is 10.7. The number of nitrogens with zero attached hydrogens (tertiary/aromatic N) is 2. The monoisotopic (exact) mass is 258 g/mol. The lowest BCUT2D eigenvalue weighted by Gasteiger charge is -2.21. The van der Waals surface area contributed by atoms with Gasteiger partial charge in [0.1, 0.15) is 0 Å². The molecule has 1 aromatic carbocycles. The molecular weight excluding hydrogens is 236 g/mol. The fraction of sp³-hybridized carbons (Fsp3) is 0.400. The molecule has 1 heterocycles. The van der Waals surface area contributed by atoms with Crippen LogP contribution in [0.4, 0.5) is 11.4 Å². The van der Waals surface area contributed by atoms with Crippen molar-refractivity contribution in [1.29, 1.82) is 0 Å². The van der Waals surface area contributed by atoms with E-state index >= 15 is 0 Å². The number of anilines is 2. The second-order valence-corrected chi connectivity index (χ2v) is 4.53. The van der Waals surface area contributed by atoms with E-state index in [1.807, 2.05) is 6.07 Å². The van der Waals surface area contributed by atoms with Crippen molar-refractivity contribution in [1.82, 2.24) is 4.98 Å². The van der Waals surface area contributed by atoms with Gasteiger partial charge in [-0.1, -0.05) is 6.92 Å². The molecule has 0 amide bonds. The third-order valence-electron chi connectivity index (χ3n) is 3.49. The smallest absolute Gasteiger partial charge is 0.0728 e. The van der Waals surface area contributed by atoms with Crippen molar-refractivity contribution in [3.05, 3.63) is 30.0 Å². The number of pyridine rings is 1. The highest BCUT2D eigenvalue weighted by Crippen LogP contribution is 2.27. The van der Waals surface area contributed by atoms with Crippen LogP contribution in [0.5, 0.6) is 0 Å². The van der Waals surface area contributed by atoms with Crippen LogP contribution in [0.25, 0.3) is 10.9 Å². The first-order valence-corrected chi connectivity index (χ1v) is 6.88. The van der Waals surface area contributed by atoms with Gasteiger partial charge in [-0.15, -0.1) is 0 Å². The highest BCUT2D eigenvalue weighted by molar-refractivity contribution is 5.93. The number of aromatic nitrogens is 1. The summed E-state index contributed by atoms with van der Waals surface area (Å²) in [6.07, 6.45) is 0.905. The lowest BCUT2D eigenvalue weighted by atomic mass is 10.1. The molecule has 0 bridgehead atoms. The first-order chi connectivity index (χ1) is 9.23. The largest absolute Gasteiger partial charge is 0.372 e. The summed E-state index contributed by atoms with van der Waals surface area (Å²) in [6, 6.07) is 8.38. The number of rotatable bonds is 5. The molecule has 0 saturated heterocycles. The maximum atomic E-state index is 5.64. The van der Waals surface area contributed by atoms with E-state index in [-0.39, 0.29) is 0 Å². The third kappa shape index (κ3) is 2.63. The number of hydrogen-bond acceptors (Lipinski definition) is 4. The predicted molar refractivity (Wildman–Crippen MR) is 82.5 cm³/mol. The summed E-state index contributed by atoms with van der Waals surface area (Å²) in [7, 11) is 0. The first-order valence-electron chi connectivity index (χ1n) is 6.88. The number of hydrogen-bond donors (Lipinski definition) is 2. The molecule has 2 rings (SSSR count). The minimum atomic E-state index is 0.905. The zero-order valence-electron chi connectivity index (χ0n) is 11.9. The second-order valence-electron chi connectivity index (χ2n) is 4.53. The molecule has 4 heteroatoms. The van der Waals surface area contributed by atoms with Gasteiger partial charge in [-0.05, 0) is 44.5 Å². The molecule has 102 valence electrons. The van der Waals surface area contributed by atoms with E-state index in [1.54, 1.807) is 0 Å². The summed E-state index contributed by atoms with van der Waals surface area (Å²) in [5.74, 6) is 5.64. The van der Waals surface area contributed by atoms with Crippen molar-refractivity contribution >= 4 is 22.3 Å². The molecule has 0 atom stereocenters. The van der Waals surface area contributed by atoms with E-state index in [1.165, 1.54) is 5.69 Å². The number of nitrogens with two attached hydrogens (primary N) is 1. The van der Waals surface area contributed by atoms with Crippen molar-refractivity contribution in [3.8, 4) is 0 Å². The Kier molecular flexibility index (Phi) is 4.22. The maximum absolute atomic E-state index is 5.64. The topological polar surface area (TPSA) is 54.2 Å². The van der Waals surface area contributed by atoms with Gasteiger partial charge in [0.2, 0.25) is 0 Å². The highest BCUT2D eigenvalue weighted by Gasteiger charge is 2.08. The molecule has 19 heavy (non-hydrogen) atoms. The van der Waals surface area contributed by atoms with Crippen molar-refractivity contribution < 1.29 is 0 Å². The fourth-order valence-electron chi connectivity index (χ4n) is 2.35. The molecule has 1 aromatic heterocycles. The molecule has 0 aliphatic rings. The van der Waals surface area contributed by atoms with E-state index in [4.69, 9.17) is 5.84 Å². The van der Waals surface area contributed by atoms with Crippen molar-refractivity contribution in [2.45, 2.75) is 27.2 Å². The molecule has 4 nitrogen and oxygen atoms in total. The van der Waals surface area contributed by atoms with E-state index in [9.17, 15) is 0 Å². The molecule has 0 aliphatic heterocycles. The Bertz CT molecular complexity index is 561. The Morgan fingerprint density at radius 2 is 1.89 bits per heavy atom. The molecular formula is C15H22N4. The van der Waals surface area contributed by atoms with Crippen LogP contribution in [0.3, 0.4) is 0 Å². The van der Waals surface area contributed by atoms with Crippen LogP contribution in [0, 0.1) is 0 Å². The molecule has 0 radical (unpaired) electrons. The van der Waals surface area contributed by atoms with Gasteiger partial charge in [0, 0.05) is 29.9 Å². The number of nitrogen functional groups attached to an aromatic ring is 1. The molecule has 0 aliphatic carbocycles.